The number of halogens is 6. The van der Waals surface area contributed by atoms with Gasteiger partial charge in [-0.05, 0) is 69.1 Å². The quantitative estimate of drug-likeness (QED) is 0.122. The summed E-state index contributed by atoms with van der Waals surface area (Å²) in [5.74, 6) is -6.00. The van der Waals surface area contributed by atoms with Crippen LogP contribution in [-0.2, 0) is 21.0 Å². The summed E-state index contributed by atoms with van der Waals surface area (Å²) in [6.45, 7) is 3.77. The molecule has 1 saturated carbocycles. The summed E-state index contributed by atoms with van der Waals surface area (Å²) in [5, 5.41) is 27.6. The fourth-order valence-electron chi connectivity index (χ4n) is 5.75. The Morgan fingerprint density at radius 3 is 2.02 bits per heavy atom. The number of aromatic nitrogens is 1. The summed E-state index contributed by atoms with van der Waals surface area (Å²) in [7, 11) is 0. The molecule has 2 fully saturated rings. The van der Waals surface area contributed by atoms with E-state index < -0.39 is 36.1 Å². The molecular formula is C33H36F6N4O8. The number of nitrogens with one attached hydrogen (secondary N) is 2. The van der Waals surface area contributed by atoms with Gasteiger partial charge in [0.1, 0.15) is 12.4 Å². The molecular weight excluding hydrogens is 694 g/mol. The van der Waals surface area contributed by atoms with Gasteiger partial charge in [0.25, 0.3) is 5.91 Å². The lowest BCUT2D eigenvalue weighted by molar-refractivity contribution is -0.193. The first-order chi connectivity index (χ1) is 23.9. The number of ether oxygens (including phenoxy) is 1. The summed E-state index contributed by atoms with van der Waals surface area (Å²) in [6.07, 6.45) is -4.79. The first-order valence-electron chi connectivity index (χ1n) is 15.6. The number of benzene rings is 2. The average molecular weight is 731 g/mol. The van der Waals surface area contributed by atoms with Crippen molar-refractivity contribution in [1.82, 2.24) is 20.7 Å². The van der Waals surface area contributed by atoms with Crippen molar-refractivity contribution in [2.75, 3.05) is 13.1 Å². The molecule has 5 N–H and O–H groups in total. The van der Waals surface area contributed by atoms with Crippen LogP contribution in [0.4, 0.5) is 26.3 Å². The minimum Gasteiger partial charge on any atom is -0.489 e. The van der Waals surface area contributed by atoms with Gasteiger partial charge in [-0.2, -0.15) is 26.3 Å². The van der Waals surface area contributed by atoms with Crippen LogP contribution in [0.25, 0.3) is 10.9 Å². The molecule has 2 amide bonds. The van der Waals surface area contributed by atoms with Crippen molar-refractivity contribution in [3.63, 3.8) is 0 Å². The first kappa shape index (κ1) is 40.5. The number of nitrogens with zero attached hydrogens (tertiary/aromatic N) is 2. The molecule has 0 bridgehead atoms. The van der Waals surface area contributed by atoms with Gasteiger partial charge >= 0.3 is 24.3 Å². The van der Waals surface area contributed by atoms with Crippen LogP contribution in [0.5, 0.6) is 5.75 Å². The standard InChI is InChI=1S/C29H34N4O4.2C2HF3O2/c1-19-16-21(24-8-4-5-9-26(24)30-19)18-37-23-12-10-20(11-13-23)28(34)31-27-17-33(22-6-2-3-7-22)15-14-25(27)29(35)32-36;2*3-2(4,5)1(6)7/h4-5,8-13,16,22,25,27,36H,2-3,6-7,14-15,17-18H2,1H3,(H,31,34)(H,32,35);2*(H,6,7)/t25-,27+;;/m0../s1. The second-order valence-electron chi connectivity index (χ2n) is 11.7. The number of aliphatic carboxylic acids is 2. The molecule has 3 aromatic rings. The number of hydrogen-bond acceptors (Lipinski definition) is 8. The van der Waals surface area contributed by atoms with Gasteiger partial charge in [0.15, 0.2) is 0 Å². The summed E-state index contributed by atoms with van der Waals surface area (Å²) in [6, 6.07) is 17.2. The van der Waals surface area contributed by atoms with E-state index in [-0.39, 0.29) is 11.9 Å². The van der Waals surface area contributed by atoms with E-state index >= 15 is 0 Å². The van der Waals surface area contributed by atoms with Crippen molar-refractivity contribution in [3.05, 3.63) is 71.4 Å². The second kappa shape index (κ2) is 17.8. The van der Waals surface area contributed by atoms with Crippen LogP contribution in [0.3, 0.4) is 0 Å². The molecule has 0 radical (unpaired) electrons. The number of carbonyl (C=O) groups is 4. The molecule has 0 unspecified atom stereocenters. The van der Waals surface area contributed by atoms with Gasteiger partial charge in [0.05, 0.1) is 17.5 Å². The van der Waals surface area contributed by atoms with Crippen molar-refractivity contribution in [2.24, 2.45) is 5.92 Å². The number of hydroxylamine groups is 1. The number of rotatable bonds is 7. The minimum absolute atomic E-state index is 0.240. The summed E-state index contributed by atoms with van der Waals surface area (Å²) < 4.78 is 69.5. The van der Waals surface area contributed by atoms with E-state index in [4.69, 9.17) is 24.5 Å². The van der Waals surface area contributed by atoms with Gasteiger partial charge in [0, 0.05) is 34.8 Å². The maximum Gasteiger partial charge on any atom is 0.490 e. The number of fused-ring (bicyclic) bond motifs is 1. The van der Waals surface area contributed by atoms with E-state index in [1.807, 2.05) is 37.3 Å². The highest BCUT2D eigenvalue weighted by Crippen LogP contribution is 2.29. The van der Waals surface area contributed by atoms with Crippen molar-refractivity contribution >= 4 is 34.7 Å². The molecule has 278 valence electrons. The number of alkyl halides is 6. The van der Waals surface area contributed by atoms with E-state index in [2.05, 4.69) is 15.2 Å². The van der Waals surface area contributed by atoms with Crippen molar-refractivity contribution in [2.45, 2.75) is 70.1 Å². The Morgan fingerprint density at radius 2 is 1.47 bits per heavy atom. The van der Waals surface area contributed by atoms with Gasteiger partial charge in [-0.15, -0.1) is 0 Å². The highest BCUT2D eigenvalue weighted by Gasteiger charge is 2.39. The van der Waals surface area contributed by atoms with E-state index in [1.165, 1.54) is 12.8 Å². The zero-order valence-corrected chi connectivity index (χ0v) is 27.1. The highest BCUT2D eigenvalue weighted by molar-refractivity contribution is 5.95. The van der Waals surface area contributed by atoms with Crippen LogP contribution in [0.2, 0.25) is 0 Å². The number of aryl methyl sites for hydroxylation is 1. The zero-order chi connectivity index (χ0) is 37.9. The predicted octanol–water partition coefficient (Wildman–Crippen LogP) is 5.26. The van der Waals surface area contributed by atoms with Gasteiger partial charge < -0.3 is 20.3 Å². The molecule has 12 nitrogen and oxygen atoms in total. The zero-order valence-electron chi connectivity index (χ0n) is 27.1. The number of carboxylic acid groups (broad SMARTS) is 2. The number of hydrogen-bond donors (Lipinski definition) is 5. The summed E-state index contributed by atoms with van der Waals surface area (Å²) in [4.78, 5) is 50.2. The molecule has 1 aliphatic heterocycles. The van der Waals surface area contributed by atoms with Crippen LogP contribution in [0, 0.1) is 12.8 Å². The monoisotopic (exact) mass is 730 g/mol. The van der Waals surface area contributed by atoms with E-state index in [1.54, 1.807) is 29.7 Å². The Bertz CT molecular complexity index is 1640. The first-order valence-corrected chi connectivity index (χ1v) is 15.6. The Balaban J connectivity index is 0.000000424. The van der Waals surface area contributed by atoms with E-state index in [9.17, 15) is 41.1 Å². The third kappa shape index (κ3) is 12.1. The fourth-order valence-corrected chi connectivity index (χ4v) is 5.75. The number of carboxylic acids is 2. The minimum atomic E-state index is -5.08. The van der Waals surface area contributed by atoms with Crippen LogP contribution < -0.4 is 15.5 Å². The maximum atomic E-state index is 13.1. The number of carbonyl (C=O) groups excluding carboxylic acids is 2. The van der Waals surface area contributed by atoms with Crippen LogP contribution in [0.1, 0.15) is 53.7 Å². The summed E-state index contributed by atoms with van der Waals surface area (Å²) in [5.41, 5.74) is 5.22. The average Bonchev–Trinajstić information content (AvgIpc) is 3.62. The number of para-hydroxylation sites is 1. The maximum absolute atomic E-state index is 13.1. The molecule has 1 saturated heterocycles. The third-order valence-corrected chi connectivity index (χ3v) is 8.17. The number of piperidine rings is 1. The molecule has 2 heterocycles. The molecule has 18 heteroatoms. The van der Waals surface area contributed by atoms with Crippen LogP contribution >= 0.6 is 0 Å². The normalized spacial score (nSPS) is 18.0. The Labute approximate surface area is 287 Å². The lowest BCUT2D eigenvalue weighted by Crippen LogP contribution is -2.57. The predicted molar refractivity (Wildman–Crippen MR) is 168 cm³/mol. The largest absolute Gasteiger partial charge is 0.490 e. The Kier molecular flexibility index (Phi) is 14.1. The van der Waals surface area contributed by atoms with Crippen molar-refractivity contribution in [1.29, 1.82) is 0 Å². The Hall–Kier alpha value is -4.97. The molecule has 2 atom stereocenters. The molecule has 1 aliphatic carbocycles. The number of amides is 2. The molecule has 2 aromatic carbocycles. The molecule has 0 spiro atoms. The van der Waals surface area contributed by atoms with Crippen molar-refractivity contribution < 1.29 is 65.7 Å². The highest BCUT2D eigenvalue weighted by atomic mass is 19.4. The van der Waals surface area contributed by atoms with Gasteiger partial charge in [-0.3, -0.25) is 24.7 Å². The van der Waals surface area contributed by atoms with E-state index in [0.717, 1.165) is 41.5 Å². The lowest BCUT2D eigenvalue weighted by atomic mass is 9.89. The topological polar surface area (TPSA) is 178 Å². The summed E-state index contributed by atoms with van der Waals surface area (Å²) >= 11 is 0. The van der Waals surface area contributed by atoms with E-state index in [0.29, 0.717) is 36.9 Å². The molecule has 2 aliphatic rings. The van der Waals surface area contributed by atoms with Gasteiger partial charge in [-0.1, -0.05) is 31.0 Å². The number of likely N-dealkylation sites (tertiary alicyclic amines) is 1. The van der Waals surface area contributed by atoms with Crippen LogP contribution in [-0.4, -0.2) is 86.6 Å². The Morgan fingerprint density at radius 1 is 0.902 bits per heavy atom. The molecule has 1 aromatic heterocycles. The van der Waals surface area contributed by atoms with Crippen LogP contribution in [0.15, 0.2) is 54.6 Å². The van der Waals surface area contributed by atoms with Gasteiger partial charge in [-0.25, -0.2) is 15.1 Å². The SMILES string of the molecule is Cc1cc(COc2ccc(C(=O)N[C@@H]3CN(C4CCCC4)CC[C@@H]3C(=O)NO)cc2)c2ccccc2n1.O=C(O)C(F)(F)F.O=C(O)C(F)(F)F. The molecule has 51 heavy (non-hydrogen) atoms. The molecule has 5 rings (SSSR count). The van der Waals surface area contributed by atoms with Crippen molar-refractivity contribution in [3.8, 4) is 5.75 Å². The fraction of sp³-hybridized carbons (Fsp3) is 0.424. The second-order valence-corrected chi connectivity index (χ2v) is 11.7. The smallest absolute Gasteiger partial charge is 0.489 e. The van der Waals surface area contributed by atoms with Gasteiger partial charge in [0.2, 0.25) is 5.91 Å². The third-order valence-electron chi connectivity index (χ3n) is 8.17. The lowest BCUT2D eigenvalue weighted by Gasteiger charge is -2.40. The number of pyridine rings is 1.